The minimum Gasteiger partial charge on any atom is -0.313 e. The lowest BCUT2D eigenvalue weighted by Crippen LogP contribution is -2.44. The predicted octanol–water partition coefficient (Wildman–Crippen LogP) is 6.04. The summed E-state index contributed by atoms with van der Waals surface area (Å²) in [5.74, 6) is 0.221. The number of carbonyl (C=O) groups excluding carboxylic acids is 2. The molecule has 3 aromatic carbocycles. The largest absolute Gasteiger partial charge is 0.322 e. The zero-order chi connectivity index (χ0) is 25.7. The molecule has 0 saturated carbocycles. The molecule has 3 amide bonds. The van der Waals surface area contributed by atoms with E-state index < -0.39 is 0 Å². The molecule has 7 heteroatoms. The summed E-state index contributed by atoms with van der Waals surface area (Å²) >= 11 is 0. The Morgan fingerprint density at radius 3 is 2.17 bits per heavy atom. The van der Waals surface area contributed by atoms with E-state index in [1.54, 1.807) is 4.68 Å². The summed E-state index contributed by atoms with van der Waals surface area (Å²) in [5.41, 5.74) is 5.44. The molecule has 0 bridgehead atoms. The maximum Gasteiger partial charge on any atom is 0.322 e. The van der Waals surface area contributed by atoms with Crippen LogP contribution in [0.3, 0.4) is 0 Å². The van der Waals surface area contributed by atoms with E-state index in [9.17, 15) is 9.59 Å². The normalized spacial score (nSPS) is 10.8. The summed E-state index contributed by atoms with van der Waals surface area (Å²) in [6.45, 7) is 7.69. The van der Waals surface area contributed by atoms with Crippen LogP contribution in [0.2, 0.25) is 0 Å². The van der Waals surface area contributed by atoms with Gasteiger partial charge in [0.15, 0.2) is 0 Å². The van der Waals surface area contributed by atoms with Crippen LogP contribution in [-0.4, -0.2) is 39.2 Å². The molecule has 0 aliphatic carbocycles. The van der Waals surface area contributed by atoms with Crippen LogP contribution in [0, 0.1) is 13.8 Å². The van der Waals surface area contributed by atoms with Crippen molar-refractivity contribution in [2.24, 2.45) is 0 Å². The first kappa shape index (κ1) is 24.7. The molecule has 0 radical (unpaired) electrons. The van der Waals surface area contributed by atoms with Gasteiger partial charge in [-0.05, 0) is 63.1 Å². The number of hydrogen-bond donors (Lipinski definition) is 2. The van der Waals surface area contributed by atoms with Crippen LogP contribution in [-0.2, 0) is 4.79 Å². The van der Waals surface area contributed by atoms with Gasteiger partial charge >= 0.3 is 6.03 Å². The van der Waals surface area contributed by atoms with Gasteiger partial charge < -0.3 is 15.5 Å². The molecule has 2 N–H and O–H groups in total. The van der Waals surface area contributed by atoms with Crippen molar-refractivity contribution in [2.45, 2.75) is 33.7 Å². The fourth-order valence-corrected chi connectivity index (χ4v) is 3.83. The number of benzene rings is 3. The smallest absolute Gasteiger partial charge is 0.313 e. The number of carbonyl (C=O) groups is 2. The van der Waals surface area contributed by atoms with Crippen molar-refractivity contribution >= 4 is 23.4 Å². The molecule has 0 unspecified atom stereocenters. The van der Waals surface area contributed by atoms with Gasteiger partial charge in [0.1, 0.15) is 12.4 Å². The maximum atomic E-state index is 13.1. The van der Waals surface area contributed by atoms with E-state index in [0.717, 1.165) is 28.1 Å². The van der Waals surface area contributed by atoms with Crippen LogP contribution >= 0.6 is 0 Å². The minimum absolute atomic E-state index is 0.102. The molecule has 0 fully saturated rings. The first-order valence-corrected chi connectivity index (χ1v) is 12.0. The van der Waals surface area contributed by atoms with E-state index in [1.807, 2.05) is 113 Å². The van der Waals surface area contributed by atoms with Gasteiger partial charge in [-0.25, -0.2) is 9.48 Å². The third-order valence-corrected chi connectivity index (χ3v) is 6.00. The molecule has 0 aliphatic heterocycles. The maximum absolute atomic E-state index is 13.1. The van der Waals surface area contributed by atoms with Crippen molar-refractivity contribution < 1.29 is 9.59 Å². The van der Waals surface area contributed by atoms with Crippen molar-refractivity contribution in [3.8, 4) is 16.9 Å². The van der Waals surface area contributed by atoms with Crippen molar-refractivity contribution in [3.63, 3.8) is 0 Å². The second-order valence-electron chi connectivity index (χ2n) is 9.03. The first-order chi connectivity index (χ1) is 17.3. The summed E-state index contributed by atoms with van der Waals surface area (Å²) in [6.07, 6.45) is 0. The third-order valence-electron chi connectivity index (χ3n) is 6.00. The molecule has 0 saturated heterocycles. The molecule has 0 spiro atoms. The van der Waals surface area contributed by atoms with E-state index in [2.05, 4.69) is 10.6 Å². The number of anilines is 2. The average molecular weight is 482 g/mol. The van der Waals surface area contributed by atoms with Crippen LogP contribution in [0.15, 0.2) is 84.9 Å². The van der Waals surface area contributed by atoms with Gasteiger partial charge in [-0.2, -0.15) is 5.10 Å². The lowest BCUT2D eigenvalue weighted by molar-refractivity contribution is -0.117. The number of rotatable bonds is 7. The number of nitrogens with zero attached hydrogens (tertiary/aromatic N) is 3. The Morgan fingerprint density at radius 2 is 1.53 bits per heavy atom. The number of para-hydroxylation sites is 1. The lowest BCUT2D eigenvalue weighted by atomic mass is 10.1. The molecule has 0 aliphatic rings. The summed E-state index contributed by atoms with van der Waals surface area (Å²) < 4.78 is 1.70. The van der Waals surface area contributed by atoms with Crippen LogP contribution in [0.5, 0.6) is 0 Å². The SMILES string of the molecule is Cc1ccc(NC(=O)N(CC(=O)Nc2cc(-c3ccccc3)nn2-c2ccccc2)C(C)C)cc1C. The van der Waals surface area contributed by atoms with E-state index in [1.165, 1.54) is 4.90 Å². The molecule has 4 aromatic rings. The highest BCUT2D eigenvalue weighted by Crippen LogP contribution is 2.25. The Balaban J connectivity index is 1.54. The quantitative estimate of drug-likeness (QED) is 0.338. The van der Waals surface area contributed by atoms with Crippen LogP contribution in [0.25, 0.3) is 16.9 Å². The molecule has 4 rings (SSSR count). The zero-order valence-electron chi connectivity index (χ0n) is 21.0. The van der Waals surface area contributed by atoms with Gasteiger partial charge in [0.2, 0.25) is 5.91 Å². The van der Waals surface area contributed by atoms with Gasteiger partial charge in [-0.3, -0.25) is 4.79 Å². The standard InChI is InChI=1S/C29H31N5O2/c1-20(2)33(29(36)30-24-16-15-21(3)22(4)17-24)19-28(35)31-27-18-26(23-11-7-5-8-12-23)32-34(27)25-13-9-6-10-14-25/h5-18,20H,19H2,1-4H3,(H,30,36)(H,31,35). The Hall–Kier alpha value is -4.39. The summed E-state index contributed by atoms with van der Waals surface area (Å²) in [6, 6.07) is 26.5. The van der Waals surface area contributed by atoms with Crippen molar-refractivity contribution in [2.75, 3.05) is 17.2 Å². The Bertz CT molecular complexity index is 1350. The van der Waals surface area contributed by atoms with Gasteiger partial charge in [0, 0.05) is 23.4 Å². The van der Waals surface area contributed by atoms with Crippen LogP contribution < -0.4 is 10.6 Å². The lowest BCUT2D eigenvalue weighted by Gasteiger charge is -2.26. The van der Waals surface area contributed by atoms with Gasteiger partial charge in [-0.1, -0.05) is 54.6 Å². The number of hydrogen-bond acceptors (Lipinski definition) is 3. The van der Waals surface area contributed by atoms with Crippen molar-refractivity contribution in [3.05, 3.63) is 96.1 Å². The van der Waals surface area contributed by atoms with Crippen molar-refractivity contribution in [1.82, 2.24) is 14.7 Å². The van der Waals surface area contributed by atoms with E-state index >= 15 is 0 Å². The second-order valence-corrected chi connectivity index (χ2v) is 9.03. The Morgan fingerprint density at radius 1 is 0.861 bits per heavy atom. The number of nitrogens with one attached hydrogen (secondary N) is 2. The predicted molar refractivity (Wildman–Crippen MR) is 144 cm³/mol. The summed E-state index contributed by atoms with van der Waals surface area (Å²) in [4.78, 5) is 27.7. The van der Waals surface area contributed by atoms with Gasteiger partial charge in [0.25, 0.3) is 0 Å². The number of amides is 3. The minimum atomic E-state index is -0.329. The average Bonchev–Trinajstić information content (AvgIpc) is 3.29. The molecule has 1 aromatic heterocycles. The van der Waals surface area contributed by atoms with Crippen molar-refractivity contribution in [1.29, 1.82) is 0 Å². The fraction of sp³-hybridized carbons (Fsp3) is 0.207. The first-order valence-electron chi connectivity index (χ1n) is 12.0. The molecule has 36 heavy (non-hydrogen) atoms. The number of urea groups is 1. The topological polar surface area (TPSA) is 79.3 Å². The molecule has 7 nitrogen and oxygen atoms in total. The molecule has 184 valence electrons. The third kappa shape index (κ3) is 5.81. The molecular weight excluding hydrogens is 450 g/mol. The highest BCUT2D eigenvalue weighted by molar-refractivity contribution is 5.97. The molecular formula is C29H31N5O2. The highest BCUT2D eigenvalue weighted by Gasteiger charge is 2.22. The molecule has 1 heterocycles. The number of aromatic nitrogens is 2. The zero-order valence-corrected chi connectivity index (χ0v) is 21.0. The Labute approximate surface area is 211 Å². The Kier molecular flexibility index (Phi) is 7.49. The van der Waals surface area contributed by atoms with Crippen LogP contribution in [0.1, 0.15) is 25.0 Å². The highest BCUT2D eigenvalue weighted by atomic mass is 16.2. The van der Waals surface area contributed by atoms with E-state index in [0.29, 0.717) is 11.5 Å². The van der Waals surface area contributed by atoms with E-state index in [4.69, 9.17) is 5.10 Å². The van der Waals surface area contributed by atoms with E-state index in [-0.39, 0.29) is 24.5 Å². The number of aryl methyl sites for hydroxylation is 2. The fourth-order valence-electron chi connectivity index (χ4n) is 3.83. The van der Waals surface area contributed by atoms with Gasteiger partial charge in [-0.15, -0.1) is 0 Å². The molecule has 0 atom stereocenters. The summed E-state index contributed by atoms with van der Waals surface area (Å²) in [5, 5.41) is 10.6. The second kappa shape index (κ2) is 10.9. The summed E-state index contributed by atoms with van der Waals surface area (Å²) in [7, 11) is 0. The van der Waals surface area contributed by atoms with Gasteiger partial charge in [0.05, 0.1) is 11.4 Å². The van der Waals surface area contributed by atoms with Crippen LogP contribution in [0.4, 0.5) is 16.3 Å². The monoisotopic (exact) mass is 481 g/mol.